The quantitative estimate of drug-likeness (QED) is 0.858. The summed E-state index contributed by atoms with van der Waals surface area (Å²) in [6.07, 6.45) is 3.79. The van der Waals surface area contributed by atoms with E-state index < -0.39 is 0 Å². The van der Waals surface area contributed by atoms with Crippen LogP contribution >= 0.6 is 0 Å². The summed E-state index contributed by atoms with van der Waals surface area (Å²) in [5.74, 6) is -0.0123. The van der Waals surface area contributed by atoms with Gasteiger partial charge >= 0.3 is 0 Å². The minimum atomic E-state index is -0.137. The number of aromatic nitrogens is 1. The molecule has 0 spiro atoms. The predicted molar refractivity (Wildman–Crippen MR) is 72.8 cm³/mol. The van der Waals surface area contributed by atoms with E-state index in [9.17, 15) is 4.79 Å². The number of nitrogens with one attached hydrogen (secondary N) is 1. The Labute approximate surface area is 109 Å². The van der Waals surface area contributed by atoms with Crippen molar-refractivity contribution >= 4 is 5.91 Å². The third-order valence-electron chi connectivity index (χ3n) is 3.10. The van der Waals surface area contributed by atoms with Gasteiger partial charge in [0, 0.05) is 24.9 Å². The van der Waals surface area contributed by atoms with E-state index in [1.54, 1.807) is 12.4 Å². The molecule has 0 saturated heterocycles. The number of nitrogens with two attached hydrogens (primary N) is 1. The van der Waals surface area contributed by atoms with E-state index in [1.165, 1.54) is 0 Å². The van der Waals surface area contributed by atoms with Crippen LogP contribution in [0, 0.1) is 5.41 Å². The fourth-order valence-corrected chi connectivity index (χ4v) is 1.54. The monoisotopic (exact) mass is 249 g/mol. The van der Waals surface area contributed by atoms with Crippen molar-refractivity contribution in [2.45, 2.75) is 46.2 Å². The fraction of sp³-hybridized carbons (Fsp3) is 0.571. The topological polar surface area (TPSA) is 68.0 Å². The number of carbonyl (C=O) groups is 1. The average Bonchev–Trinajstić information content (AvgIpc) is 2.28. The third kappa shape index (κ3) is 4.45. The number of rotatable bonds is 4. The van der Waals surface area contributed by atoms with E-state index in [0.29, 0.717) is 6.42 Å². The lowest BCUT2D eigenvalue weighted by Crippen LogP contribution is -2.40. The second-order valence-electron chi connectivity index (χ2n) is 5.75. The lowest BCUT2D eigenvalue weighted by Gasteiger charge is -2.27. The molecule has 4 heteroatoms. The van der Waals surface area contributed by atoms with Crippen LogP contribution in [0.3, 0.4) is 0 Å². The minimum Gasteiger partial charge on any atom is -0.350 e. The molecule has 0 aliphatic rings. The van der Waals surface area contributed by atoms with Crippen LogP contribution in [0.1, 0.15) is 45.7 Å². The van der Waals surface area contributed by atoms with Crippen molar-refractivity contribution in [3.05, 3.63) is 30.1 Å². The Balaban J connectivity index is 2.51. The van der Waals surface area contributed by atoms with Gasteiger partial charge in [-0.25, -0.2) is 0 Å². The third-order valence-corrected chi connectivity index (χ3v) is 3.10. The van der Waals surface area contributed by atoms with Gasteiger partial charge in [0.2, 0.25) is 5.91 Å². The Morgan fingerprint density at radius 2 is 1.94 bits per heavy atom. The van der Waals surface area contributed by atoms with Gasteiger partial charge in [-0.1, -0.05) is 20.8 Å². The zero-order valence-corrected chi connectivity index (χ0v) is 11.6. The number of hydrogen-bond donors (Lipinski definition) is 2. The van der Waals surface area contributed by atoms with Crippen molar-refractivity contribution in [1.82, 2.24) is 10.3 Å². The van der Waals surface area contributed by atoms with Gasteiger partial charge in [-0.15, -0.1) is 0 Å². The van der Waals surface area contributed by atoms with Gasteiger partial charge < -0.3 is 11.1 Å². The molecule has 0 aliphatic carbocycles. The van der Waals surface area contributed by atoms with Crippen LogP contribution < -0.4 is 11.1 Å². The lowest BCUT2D eigenvalue weighted by molar-refractivity contribution is -0.122. The molecule has 0 aromatic carbocycles. The molecule has 1 aromatic rings. The number of pyridine rings is 1. The first-order chi connectivity index (χ1) is 8.30. The van der Waals surface area contributed by atoms with Crippen molar-refractivity contribution in [2.75, 3.05) is 0 Å². The molecule has 4 nitrogen and oxygen atoms in total. The average molecular weight is 249 g/mol. The van der Waals surface area contributed by atoms with E-state index in [-0.39, 0.29) is 23.4 Å². The predicted octanol–water partition coefficient (Wildman–Crippen LogP) is 2.02. The number of nitrogens with zero attached hydrogens (tertiary/aromatic N) is 1. The second kappa shape index (κ2) is 5.96. The molecular weight excluding hydrogens is 226 g/mol. The van der Waals surface area contributed by atoms with Crippen molar-refractivity contribution in [2.24, 2.45) is 11.1 Å². The van der Waals surface area contributed by atoms with Crippen LogP contribution in [0.25, 0.3) is 0 Å². The van der Waals surface area contributed by atoms with E-state index in [2.05, 4.69) is 10.3 Å². The molecule has 0 radical (unpaired) electrons. The Bertz CT molecular complexity index is 384. The summed E-state index contributed by atoms with van der Waals surface area (Å²) in [7, 11) is 0. The molecule has 0 saturated carbocycles. The van der Waals surface area contributed by atoms with Gasteiger partial charge in [0.15, 0.2) is 0 Å². The van der Waals surface area contributed by atoms with Gasteiger partial charge in [0.25, 0.3) is 0 Å². The summed E-state index contributed by atoms with van der Waals surface area (Å²) >= 11 is 0. The number of carbonyl (C=O) groups excluding carboxylic acids is 1. The van der Waals surface area contributed by atoms with Crippen molar-refractivity contribution in [1.29, 1.82) is 0 Å². The van der Waals surface area contributed by atoms with Crippen LogP contribution in [0.2, 0.25) is 0 Å². The van der Waals surface area contributed by atoms with Crippen molar-refractivity contribution in [3.63, 3.8) is 0 Å². The Hall–Kier alpha value is -1.42. The number of hydrogen-bond acceptors (Lipinski definition) is 3. The molecule has 1 heterocycles. The smallest absolute Gasteiger partial charge is 0.222 e. The first-order valence-corrected chi connectivity index (χ1v) is 6.25. The first-order valence-electron chi connectivity index (χ1n) is 6.25. The van der Waals surface area contributed by atoms with Crippen LogP contribution in [0.15, 0.2) is 24.5 Å². The largest absolute Gasteiger partial charge is 0.350 e. The van der Waals surface area contributed by atoms with Gasteiger partial charge in [-0.05, 0) is 30.0 Å². The van der Waals surface area contributed by atoms with Crippen molar-refractivity contribution < 1.29 is 4.79 Å². The van der Waals surface area contributed by atoms with Crippen LogP contribution in [0.4, 0.5) is 0 Å². The lowest BCUT2D eigenvalue weighted by atomic mass is 9.85. The van der Waals surface area contributed by atoms with E-state index in [4.69, 9.17) is 5.73 Å². The number of amides is 1. The maximum absolute atomic E-state index is 11.9. The minimum absolute atomic E-state index is 0.0123. The SMILES string of the molecule is CC(NC(=O)CC(N)C(C)(C)C)c1ccncc1. The summed E-state index contributed by atoms with van der Waals surface area (Å²) < 4.78 is 0. The van der Waals surface area contributed by atoms with E-state index >= 15 is 0 Å². The molecule has 1 aromatic heterocycles. The van der Waals surface area contributed by atoms with E-state index in [0.717, 1.165) is 5.56 Å². The molecule has 0 aliphatic heterocycles. The maximum Gasteiger partial charge on any atom is 0.222 e. The highest BCUT2D eigenvalue weighted by Crippen LogP contribution is 2.20. The normalized spacial score (nSPS) is 14.9. The van der Waals surface area contributed by atoms with Crippen LogP contribution in [-0.4, -0.2) is 16.9 Å². The van der Waals surface area contributed by atoms with Gasteiger partial charge in [-0.3, -0.25) is 9.78 Å². The first kappa shape index (κ1) is 14.6. The summed E-state index contributed by atoms with van der Waals surface area (Å²) in [6, 6.07) is 3.64. The van der Waals surface area contributed by atoms with Crippen LogP contribution in [0.5, 0.6) is 0 Å². The molecule has 2 unspecified atom stereocenters. The Morgan fingerprint density at radius 3 is 2.44 bits per heavy atom. The van der Waals surface area contributed by atoms with E-state index in [1.807, 2.05) is 39.8 Å². The zero-order valence-electron chi connectivity index (χ0n) is 11.6. The molecule has 1 rings (SSSR count). The molecule has 3 N–H and O–H groups in total. The van der Waals surface area contributed by atoms with Crippen LogP contribution in [-0.2, 0) is 4.79 Å². The molecule has 1 amide bonds. The fourth-order valence-electron chi connectivity index (χ4n) is 1.54. The molecule has 0 fully saturated rings. The highest BCUT2D eigenvalue weighted by molar-refractivity contribution is 5.77. The maximum atomic E-state index is 11.9. The van der Waals surface area contributed by atoms with Gasteiger partial charge in [0.05, 0.1) is 6.04 Å². The summed E-state index contributed by atoms with van der Waals surface area (Å²) in [5.41, 5.74) is 6.98. The standard InChI is InChI=1S/C14H23N3O/c1-10(11-5-7-16-8-6-11)17-13(18)9-12(15)14(2,3)4/h5-8,10,12H,9,15H2,1-4H3,(H,17,18). The Kier molecular flexibility index (Phi) is 4.84. The molecule has 100 valence electrons. The molecular formula is C14H23N3O. The summed E-state index contributed by atoms with van der Waals surface area (Å²) in [5, 5.41) is 2.95. The van der Waals surface area contributed by atoms with Gasteiger partial charge in [0.1, 0.15) is 0 Å². The second-order valence-corrected chi connectivity index (χ2v) is 5.75. The zero-order chi connectivity index (χ0) is 13.8. The molecule has 0 bridgehead atoms. The molecule has 2 atom stereocenters. The summed E-state index contributed by atoms with van der Waals surface area (Å²) in [6.45, 7) is 8.07. The highest BCUT2D eigenvalue weighted by Gasteiger charge is 2.23. The highest BCUT2D eigenvalue weighted by atomic mass is 16.1. The Morgan fingerprint density at radius 1 is 1.39 bits per heavy atom. The molecule has 18 heavy (non-hydrogen) atoms. The summed E-state index contributed by atoms with van der Waals surface area (Å²) in [4.78, 5) is 15.8. The van der Waals surface area contributed by atoms with Crippen molar-refractivity contribution in [3.8, 4) is 0 Å². The van der Waals surface area contributed by atoms with Gasteiger partial charge in [-0.2, -0.15) is 0 Å².